The lowest BCUT2D eigenvalue weighted by molar-refractivity contribution is -0.137. The SMILES string of the molecule is NC(C=CC1(c2ccccc2)c2ccccc2-c2ccccc21)C(=O)O. The Hall–Kier alpha value is -3.17. The number of nitrogens with two attached hydrogens (primary N) is 1. The molecular weight excluding hydrogens is 322 g/mol. The van der Waals surface area contributed by atoms with Crippen LogP contribution in [0.2, 0.25) is 0 Å². The van der Waals surface area contributed by atoms with Crippen molar-refractivity contribution in [3.8, 4) is 11.1 Å². The average molecular weight is 341 g/mol. The first-order valence-corrected chi connectivity index (χ1v) is 8.57. The third kappa shape index (κ3) is 2.37. The van der Waals surface area contributed by atoms with E-state index in [2.05, 4.69) is 36.4 Å². The van der Waals surface area contributed by atoms with Gasteiger partial charge in [0, 0.05) is 0 Å². The fraction of sp³-hybridized carbons (Fsp3) is 0.0870. The van der Waals surface area contributed by atoms with E-state index in [1.165, 1.54) is 11.1 Å². The topological polar surface area (TPSA) is 63.3 Å². The quantitative estimate of drug-likeness (QED) is 0.706. The second-order valence-corrected chi connectivity index (χ2v) is 6.49. The molecule has 1 unspecified atom stereocenters. The minimum absolute atomic E-state index is 0.554. The molecule has 0 heterocycles. The van der Waals surface area contributed by atoms with Crippen molar-refractivity contribution in [3.05, 3.63) is 108 Å². The number of hydrogen-bond donors (Lipinski definition) is 2. The lowest BCUT2D eigenvalue weighted by atomic mass is 9.72. The summed E-state index contributed by atoms with van der Waals surface area (Å²) < 4.78 is 0. The minimum atomic E-state index is -1.05. The highest BCUT2D eigenvalue weighted by Crippen LogP contribution is 2.53. The highest BCUT2D eigenvalue weighted by Gasteiger charge is 2.42. The molecule has 1 atom stereocenters. The largest absolute Gasteiger partial charge is 0.480 e. The van der Waals surface area contributed by atoms with Crippen molar-refractivity contribution in [1.82, 2.24) is 0 Å². The van der Waals surface area contributed by atoms with Crippen LogP contribution < -0.4 is 5.73 Å². The minimum Gasteiger partial charge on any atom is -0.480 e. The van der Waals surface area contributed by atoms with E-state index in [1.54, 1.807) is 6.08 Å². The highest BCUT2D eigenvalue weighted by atomic mass is 16.4. The van der Waals surface area contributed by atoms with Gasteiger partial charge in [0.1, 0.15) is 6.04 Å². The maximum absolute atomic E-state index is 11.3. The van der Waals surface area contributed by atoms with Crippen LogP contribution in [0, 0.1) is 0 Å². The van der Waals surface area contributed by atoms with Crippen molar-refractivity contribution < 1.29 is 9.90 Å². The normalized spacial score (nSPS) is 15.4. The van der Waals surface area contributed by atoms with E-state index in [4.69, 9.17) is 5.73 Å². The number of allylic oxidation sites excluding steroid dienone is 1. The van der Waals surface area contributed by atoms with Gasteiger partial charge in [-0.2, -0.15) is 0 Å². The Kier molecular flexibility index (Phi) is 3.94. The first-order valence-electron chi connectivity index (χ1n) is 8.57. The maximum atomic E-state index is 11.3. The summed E-state index contributed by atoms with van der Waals surface area (Å²) in [6.07, 6.45) is 3.54. The van der Waals surface area contributed by atoms with Crippen LogP contribution in [0.15, 0.2) is 91.0 Å². The van der Waals surface area contributed by atoms with E-state index in [0.29, 0.717) is 0 Å². The zero-order valence-electron chi connectivity index (χ0n) is 14.2. The molecule has 3 aromatic rings. The fourth-order valence-corrected chi connectivity index (χ4v) is 3.89. The van der Waals surface area contributed by atoms with Crippen LogP contribution in [0.25, 0.3) is 11.1 Å². The molecule has 1 aliphatic rings. The van der Waals surface area contributed by atoms with E-state index in [0.717, 1.165) is 16.7 Å². The summed E-state index contributed by atoms with van der Waals surface area (Å²) in [5.74, 6) is -1.04. The van der Waals surface area contributed by atoms with Crippen LogP contribution in [0.3, 0.4) is 0 Å². The molecule has 0 radical (unpaired) electrons. The number of carboxylic acid groups (broad SMARTS) is 1. The van der Waals surface area contributed by atoms with Crippen LogP contribution in [-0.2, 0) is 10.2 Å². The molecule has 0 spiro atoms. The summed E-state index contributed by atoms with van der Waals surface area (Å²) in [5, 5.41) is 9.22. The van der Waals surface area contributed by atoms with Crippen molar-refractivity contribution in [2.45, 2.75) is 11.5 Å². The highest BCUT2D eigenvalue weighted by molar-refractivity contribution is 5.85. The van der Waals surface area contributed by atoms with E-state index >= 15 is 0 Å². The van der Waals surface area contributed by atoms with Gasteiger partial charge < -0.3 is 10.8 Å². The van der Waals surface area contributed by atoms with Crippen molar-refractivity contribution in [2.75, 3.05) is 0 Å². The second kappa shape index (κ2) is 6.28. The molecule has 3 N–H and O–H groups in total. The lowest BCUT2D eigenvalue weighted by Gasteiger charge is -2.30. The van der Waals surface area contributed by atoms with Crippen LogP contribution >= 0.6 is 0 Å². The standard InChI is InChI=1S/C23H19NO2/c24-21(22(25)26)14-15-23(16-8-2-1-3-9-16)19-12-6-4-10-17(19)18-11-5-7-13-20(18)23/h1-15,21H,24H2,(H,25,26). The van der Waals surface area contributed by atoms with E-state index in [9.17, 15) is 9.90 Å². The van der Waals surface area contributed by atoms with Crippen molar-refractivity contribution >= 4 is 5.97 Å². The number of rotatable bonds is 4. The molecular formula is C23H19NO2. The Labute approximate surface area is 152 Å². The first-order chi connectivity index (χ1) is 12.6. The maximum Gasteiger partial charge on any atom is 0.324 e. The Morgan fingerprint density at radius 3 is 1.88 bits per heavy atom. The van der Waals surface area contributed by atoms with Gasteiger partial charge in [-0.25, -0.2) is 0 Å². The smallest absolute Gasteiger partial charge is 0.324 e. The molecule has 0 aliphatic heterocycles. The van der Waals surface area contributed by atoms with Gasteiger partial charge in [-0.15, -0.1) is 0 Å². The van der Waals surface area contributed by atoms with Crippen molar-refractivity contribution in [2.24, 2.45) is 5.73 Å². The number of hydrogen-bond acceptors (Lipinski definition) is 2. The van der Waals surface area contributed by atoms with Crippen molar-refractivity contribution in [3.63, 3.8) is 0 Å². The summed E-state index contributed by atoms with van der Waals surface area (Å²) in [7, 11) is 0. The summed E-state index contributed by atoms with van der Waals surface area (Å²) in [6, 6.07) is 25.7. The molecule has 0 bridgehead atoms. The molecule has 0 fully saturated rings. The molecule has 26 heavy (non-hydrogen) atoms. The Morgan fingerprint density at radius 1 is 0.846 bits per heavy atom. The van der Waals surface area contributed by atoms with Gasteiger partial charge in [0.2, 0.25) is 0 Å². The second-order valence-electron chi connectivity index (χ2n) is 6.49. The summed E-state index contributed by atoms with van der Waals surface area (Å²) >= 11 is 0. The summed E-state index contributed by atoms with van der Waals surface area (Å²) in [4.78, 5) is 11.3. The van der Waals surface area contributed by atoms with Gasteiger partial charge in [-0.1, -0.05) is 91.0 Å². The van der Waals surface area contributed by atoms with Gasteiger partial charge in [-0.3, -0.25) is 4.79 Å². The molecule has 0 saturated heterocycles. The fourth-order valence-electron chi connectivity index (χ4n) is 3.89. The summed E-state index contributed by atoms with van der Waals surface area (Å²) in [5.41, 5.74) is 10.9. The summed E-state index contributed by atoms with van der Waals surface area (Å²) in [6.45, 7) is 0. The van der Waals surface area contributed by atoms with Crippen LogP contribution in [-0.4, -0.2) is 17.1 Å². The molecule has 3 nitrogen and oxygen atoms in total. The molecule has 0 aromatic heterocycles. The van der Waals surface area contributed by atoms with Gasteiger partial charge in [0.15, 0.2) is 0 Å². The number of carboxylic acids is 1. The van der Waals surface area contributed by atoms with E-state index < -0.39 is 17.4 Å². The van der Waals surface area contributed by atoms with E-state index in [1.807, 2.05) is 48.5 Å². The van der Waals surface area contributed by atoms with Crippen LogP contribution in [0.4, 0.5) is 0 Å². The van der Waals surface area contributed by atoms with Crippen LogP contribution in [0.5, 0.6) is 0 Å². The molecule has 4 rings (SSSR count). The Morgan fingerprint density at radius 2 is 1.35 bits per heavy atom. The average Bonchev–Trinajstić information content (AvgIpc) is 2.98. The Bertz CT molecular complexity index is 946. The molecule has 1 aliphatic carbocycles. The van der Waals surface area contributed by atoms with Crippen LogP contribution in [0.1, 0.15) is 16.7 Å². The lowest BCUT2D eigenvalue weighted by Crippen LogP contribution is -2.30. The third-order valence-electron chi connectivity index (χ3n) is 5.06. The zero-order valence-corrected chi connectivity index (χ0v) is 14.2. The number of aliphatic carboxylic acids is 1. The zero-order chi connectivity index (χ0) is 18.1. The molecule has 0 saturated carbocycles. The molecule has 128 valence electrons. The number of fused-ring (bicyclic) bond motifs is 3. The Balaban J connectivity index is 2.05. The van der Waals surface area contributed by atoms with Gasteiger partial charge in [0.25, 0.3) is 0 Å². The van der Waals surface area contributed by atoms with Crippen molar-refractivity contribution in [1.29, 1.82) is 0 Å². The predicted molar refractivity (Wildman–Crippen MR) is 103 cm³/mol. The molecule has 3 heteroatoms. The first kappa shape index (κ1) is 16.3. The van der Waals surface area contributed by atoms with Gasteiger partial charge in [-0.05, 0) is 27.8 Å². The molecule has 0 amide bonds. The number of carbonyl (C=O) groups is 1. The van der Waals surface area contributed by atoms with E-state index in [-0.39, 0.29) is 0 Å². The molecule has 3 aromatic carbocycles. The predicted octanol–water partition coefficient (Wildman–Crippen LogP) is 3.97. The van der Waals surface area contributed by atoms with Gasteiger partial charge in [0.05, 0.1) is 5.41 Å². The monoisotopic (exact) mass is 341 g/mol. The number of benzene rings is 3. The van der Waals surface area contributed by atoms with Gasteiger partial charge >= 0.3 is 5.97 Å². The third-order valence-corrected chi connectivity index (χ3v) is 5.06.